The summed E-state index contributed by atoms with van der Waals surface area (Å²) in [6, 6.07) is 7.47. The lowest BCUT2D eigenvalue weighted by Crippen LogP contribution is -2.47. The van der Waals surface area contributed by atoms with Gasteiger partial charge in [-0.15, -0.1) is 0 Å². The van der Waals surface area contributed by atoms with Crippen LogP contribution in [0.5, 0.6) is 5.75 Å². The van der Waals surface area contributed by atoms with E-state index in [1.807, 2.05) is 19.9 Å². The Morgan fingerprint density at radius 1 is 1.50 bits per heavy atom. The number of nitrogens with two attached hydrogens (primary N) is 1. The van der Waals surface area contributed by atoms with E-state index < -0.39 is 14.2 Å². The van der Waals surface area contributed by atoms with Gasteiger partial charge in [-0.25, -0.2) is 10.5 Å². The van der Waals surface area contributed by atoms with Crippen LogP contribution in [-0.4, -0.2) is 18.8 Å². The van der Waals surface area contributed by atoms with E-state index in [2.05, 4.69) is 10.7 Å². The van der Waals surface area contributed by atoms with E-state index in [9.17, 15) is 0 Å². The van der Waals surface area contributed by atoms with Gasteiger partial charge in [-0.2, -0.15) is 5.26 Å². The minimum atomic E-state index is -1.61. The van der Waals surface area contributed by atoms with Gasteiger partial charge in [-0.3, -0.25) is 0 Å². The molecule has 0 bridgehead atoms. The molecular formula is C13H17N2O4P. The fraction of sp³-hybridized carbons (Fsp3) is 0.462. The Balaban J connectivity index is 2.25. The minimum Gasteiger partial charge on any atom is -0.485 e. The molecule has 7 heteroatoms. The molecule has 1 aromatic rings. The van der Waals surface area contributed by atoms with Crippen molar-refractivity contribution in [3.63, 3.8) is 0 Å². The van der Waals surface area contributed by atoms with Crippen LogP contribution in [0, 0.1) is 11.3 Å². The Hall–Kier alpha value is -1.22. The van der Waals surface area contributed by atoms with E-state index in [0.717, 1.165) is 11.3 Å². The lowest BCUT2D eigenvalue weighted by Gasteiger charge is -2.40. The molecule has 1 unspecified atom stereocenters. The van der Waals surface area contributed by atoms with Crippen molar-refractivity contribution in [3.8, 4) is 11.8 Å². The van der Waals surface area contributed by atoms with Crippen molar-refractivity contribution in [3.05, 3.63) is 29.3 Å². The molecule has 6 nitrogen and oxygen atoms in total. The first-order valence-electron chi connectivity index (χ1n) is 6.10. The van der Waals surface area contributed by atoms with Gasteiger partial charge in [0.15, 0.2) is 0 Å². The highest BCUT2D eigenvalue weighted by Gasteiger charge is 2.40. The van der Waals surface area contributed by atoms with E-state index in [1.54, 1.807) is 12.1 Å². The van der Waals surface area contributed by atoms with Gasteiger partial charge in [0.25, 0.3) is 0 Å². The van der Waals surface area contributed by atoms with Gasteiger partial charge in [0.1, 0.15) is 17.5 Å². The molecule has 20 heavy (non-hydrogen) atoms. The molecule has 0 radical (unpaired) electrons. The number of nitrogens with zero attached hydrogens (tertiary/aromatic N) is 1. The van der Waals surface area contributed by atoms with Crippen LogP contribution < -0.4 is 10.6 Å². The van der Waals surface area contributed by atoms with E-state index in [0.29, 0.717) is 12.0 Å². The second kappa shape index (κ2) is 6.04. The number of nitriles is 1. The number of benzene rings is 1. The Morgan fingerprint density at radius 2 is 2.25 bits per heavy atom. The monoisotopic (exact) mass is 296 g/mol. The third kappa shape index (κ3) is 3.09. The topological polar surface area (TPSA) is 86.7 Å². The number of ether oxygens (including phenoxy) is 1. The first-order valence-corrected chi connectivity index (χ1v) is 7.19. The SMILES string of the molecule is COP(ON)O[C@@H]1Cc2cc(C#N)ccc2OC1(C)C. The number of hydrogen-bond acceptors (Lipinski definition) is 6. The van der Waals surface area contributed by atoms with Crippen LogP contribution >= 0.6 is 8.60 Å². The predicted molar refractivity (Wildman–Crippen MR) is 73.6 cm³/mol. The molecule has 0 amide bonds. The standard InChI is InChI=1S/C13H17N2O4P/c1-13(2)12(18-20(16-3)19-15)7-10-6-9(8-14)4-5-11(10)17-13/h4-6,12H,7,15H2,1-3H3/t12-,20?/m1/s1. The summed E-state index contributed by atoms with van der Waals surface area (Å²) >= 11 is 0. The van der Waals surface area contributed by atoms with Crippen LogP contribution in [0.25, 0.3) is 0 Å². The Kier molecular flexibility index (Phi) is 4.59. The zero-order valence-corrected chi connectivity index (χ0v) is 12.5. The molecule has 2 N–H and O–H groups in total. The van der Waals surface area contributed by atoms with E-state index in [1.165, 1.54) is 7.11 Å². The Labute approximate surface area is 119 Å². The predicted octanol–water partition coefficient (Wildman–Crippen LogP) is 2.42. The Morgan fingerprint density at radius 3 is 2.85 bits per heavy atom. The van der Waals surface area contributed by atoms with Gasteiger partial charge in [-0.1, -0.05) is 0 Å². The smallest absolute Gasteiger partial charge is 0.350 e. The van der Waals surface area contributed by atoms with Crippen LogP contribution in [0.15, 0.2) is 18.2 Å². The average Bonchev–Trinajstić information content (AvgIpc) is 2.43. The Bertz CT molecular complexity index is 526. The van der Waals surface area contributed by atoms with Gasteiger partial charge >= 0.3 is 8.60 Å². The second-order valence-corrected chi connectivity index (χ2v) is 6.18. The first-order chi connectivity index (χ1) is 9.50. The molecule has 2 rings (SSSR count). The summed E-state index contributed by atoms with van der Waals surface area (Å²) < 4.78 is 21.3. The minimum absolute atomic E-state index is 0.279. The summed E-state index contributed by atoms with van der Waals surface area (Å²) in [6.07, 6.45) is 0.321. The van der Waals surface area contributed by atoms with Gasteiger partial charge in [0.05, 0.1) is 11.6 Å². The molecule has 1 aromatic carbocycles. The van der Waals surface area contributed by atoms with E-state index in [-0.39, 0.29) is 6.10 Å². The fourth-order valence-corrected chi connectivity index (χ4v) is 2.84. The van der Waals surface area contributed by atoms with Gasteiger partial charge in [0.2, 0.25) is 0 Å². The molecule has 0 aromatic heterocycles. The third-order valence-corrected chi connectivity index (χ3v) is 4.09. The lowest BCUT2D eigenvalue weighted by atomic mass is 9.90. The van der Waals surface area contributed by atoms with E-state index in [4.69, 9.17) is 24.9 Å². The summed E-state index contributed by atoms with van der Waals surface area (Å²) in [6.45, 7) is 3.86. The number of rotatable bonds is 4. The molecule has 0 saturated carbocycles. The summed E-state index contributed by atoms with van der Waals surface area (Å²) in [5.74, 6) is 5.89. The quantitative estimate of drug-likeness (QED) is 0.678. The summed E-state index contributed by atoms with van der Waals surface area (Å²) in [4.78, 5) is 0. The number of fused-ring (bicyclic) bond motifs is 1. The third-order valence-electron chi connectivity index (χ3n) is 3.19. The summed E-state index contributed by atoms with van der Waals surface area (Å²) in [5.41, 5.74) is 0.977. The fourth-order valence-electron chi connectivity index (χ4n) is 2.08. The van der Waals surface area contributed by atoms with Crippen molar-refractivity contribution >= 4 is 8.60 Å². The molecule has 0 fully saturated rings. The summed E-state index contributed by atoms with van der Waals surface area (Å²) in [5, 5.41) is 8.95. The highest BCUT2D eigenvalue weighted by molar-refractivity contribution is 7.41. The van der Waals surface area contributed by atoms with Crippen LogP contribution in [0.1, 0.15) is 25.0 Å². The van der Waals surface area contributed by atoms with E-state index >= 15 is 0 Å². The molecular weight excluding hydrogens is 279 g/mol. The molecule has 0 saturated heterocycles. The maximum Gasteiger partial charge on any atom is 0.350 e. The van der Waals surface area contributed by atoms with Crippen LogP contribution in [0.2, 0.25) is 0 Å². The first kappa shape index (κ1) is 15.2. The molecule has 108 valence electrons. The van der Waals surface area contributed by atoms with Crippen molar-refractivity contribution in [2.45, 2.75) is 32.0 Å². The molecule has 2 atom stereocenters. The molecule has 1 aliphatic heterocycles. The second-order valence-electron chi connectivity index (χ2n) is 4.95. The molecule has 1 heterocycles. The van der Waals surface area contributed by atoms with Crippen molar-refractivity contribution < 1.29 is 18.4 Å². The van der Waals surface area contributed by atoms with Crippen molar-refractivity contribution in [1.29, 1.82) is 5.26 Å². The van der Waals surface area contributed by atoms with Crippen molar-refractivity contribution in [2.24, 2.45) is 5.90 Å². The lowest BCUT2D eigenvalue weighted by molar-refractivity contribution is -0.0361. The van der Waals surface area contributed by atoms with Gasteiger partial charge < -0.3 is 13.8 Å². The molecule has 1 aliphatic rings. The van der Waals surface area contributed by atoms with Gasteiger partial charge in [-0.05, 0) is 37.6 Å². The summed E-state index contributed by atoms with van der Waals surface area (Å²) in [7, 11) is -0.136. The van der Waals surface area contributed by atoms with Gasteiger partial charge in [0, 0.05) is 13.5 Å². The number of hydrogen-bond donors (Lipinski definition) is 1. The normalized spacial score (nSPS) is 21.4. The van der Waals surface area contributed by atoms with Crippen molar-refractivity contribution in [2.75, 3.05) is 7.11 Å². The van der Waals surface area contributed by atoms with Crippen molar-refractivity contribution in [1.82, 2.24) is 0 Å². The average molecular weight is 296 g/mol. The zero-order valence-electron chi connectivity index (χ0n) is 11.6. The molecule has 0 aliphatic carbocycles. The van der Waals surface area contributed by atoms with Crippen LogP contribution in [0.4, 0.5) is 0 Å². The maximum absolute atomic E-state index is 8.95. The zero-order chi connectivity index (χ0) is 14.8. The maximum atomic E-state index is 8.95. The van der Waals surface area contributed by atoms with Crippen LogP contribution in [0.3, 0.4) is 0 Å². The van der Waals surface area contributed by atoms with Crippen LogP contribution in [-0.2, 0) is 20.1 Å². The largest absolute Gasteiger partial charge is 0.485 e. The highest BCUT2D eigenvalue weighted by atomic mass is 31.2. The molecule has 0 spiro atoms. The highest BCUT2D eigenvalue weighted by Crippen LogP contribution is 2.44.